The zero-order valence-corrected chi connectivity index (χ0v) is 18.5. The third-order valence-corrected chi connectivity index (χ3v) is 6.43. The van der Waals surface area contributed by atoms with E-state index in [0.717, 1.165) is 23.4 Å². The molecule has 0 spiro atoms. The molecule has 2 bridgehead atoms. The quantitative estimate of drug-likeness (QED) is 0.640. The Morgan fingerprint density at radius 3 is 2.30 bits per heavy atom. The maximum Gasteiger partial charge on any atom is 0.321 e. The summed E-state index contributed by atoms with van der Waals surface area (Å²) in [5.74, 6) is 0.255. The molecule has 3 heterocycles. The van der Waals surface area contributed by atoms with Crippen LogP contribution in [0, 0.1) is 5.92 Å². The lowest BCUT2D eigenvalue weighted by atomic mass is 9.83. The third-order valence-electron chi connectivity index (χ3n) is 6.43. The minimum atomic E-state index is -0.130. The van der Waals surface area contributed by atoms with Gasteiger partial charge in [-0.2, -0.15) is 0 Å². The topological polar surface area (TPSA) is 83.4 Å². The molecule has 0 saturated carbocycles. The largest absolute Gasteiger partial charge is 0.326 e. The number of aromatic nitrogens is 1. The number of nitrogens with zero attached hydrogens (tertiary/aromatic N) is 2. The molecular weight excluding hydrogens is 416 g/mol. The van der Waals surface area contributed by atoms with Crippen molar-refractivity contribution in [3.8, 4) is 11.1 Å². The van der Waals surface area contributed by atoms with Gasteiger partial charge in [0.15, 0.2) is 0 Å². The van der Waals surface area contributed by atoms with Crippen molar-refractivity contribution in [2.24, 2.45) is 5.92 Å². The lowest BCUT2D eigenvalue weighted by Gasteiger charge is -2.42. The Labute approximate surface area is 192 Å². The second kappa shape index (κ2) is 8.58. The van der Waals surface area contributed by atoms with Gasteiger partial charge in [0.2, 0.25) is 5.91 Å². The van der Waals surface area contributed by atoms with Crippen LogP contribution < -0.4 is 16.2 Å². The van der Waals surface area contributed by atoms with Gasteiger partial charge in [-0.05, 0) is 54.3 Å². The molecule has 7 nitrogen and oxygen atoms in total. The molecule has 33 heavy (non-hydrogen) atoms. The normalized spacial score (nSPS) is 18.9. The van der Waals surface area contributed by atoms with Crippen LogP contribution in [-0.4, -0.2) is 34.5 Å². The van der Waals surface area contributed by atoms with Gasteiger partial charge in [0, 0.05) is 55.1 Å². The number of carbonyl (C=O) groups excluding carboxylic acids is 2. The van der Waals surface area contributed by atoms with E-state index in [9.17, 15) is 14.4 Å². The maximum atomic E-state index is 13.4. The van der Waals surface area contributed by atoms with Crippen molar-refractivity contribution < 1.29 is 9.59 Å². The van der Waals surface area contributed by atoms with Gasteiger partial charge in [-0.15, -0.1) is 0 Å². The van der Waals surface area contributed by atoms with Gasteiger partial charge in [-0.3, -0.25) is 9.59 Å². The number of carbonyl (C=O) groups is 2. The average Bonchev–Trinajstić information content (AvgIpc) is 2.81. The first-order valence-electron chi connectivity index (χ1n) is 11.2. The molecule has 3 amide bonds. The smallest absolute Gasteiger partial charge is 0.321 e. The standard InChI is InChI=1S/C26H26N4O3/c1-17(31)27-22-9-7-19(8-10-22)23-11-12-24-20-13-18(15-30(24)25(23)32)14-29(16-20)26(33)28-21-5-3-2-4-6-21/h2-12,18,20H,13-16H2,1H3,(H,27,31)(H,28,33)/t18-,20-/m1/s1. The SMILES string of the molecule is CC(=O)Nc1ccc(-c2ccc3n(c2=O)C[C@@H]2C[C@@H]3CN(C(=O)Nc3ccccc3)C2)cc1. The van der Waals surface area contributed by atoms with Crippen LogP contribution >= 0.6 is 0 Å². The summed E-state index contributed by atoms with van der Waals surface area (Å²) in [6.45, 7) is 3.31. The van der Waals surface area contributed by atoms with E-state index in [-0.39, 0.29) is 29.3 Å². The third kappa shape index (κ3) is 4.26. The lowest BCUT2D eigenvalue weighted by Crippen LogP contribution is -2.50. The fourth-order valence-electron chi connectivity index (χ4n) is 4.99. The highest BCUT2D eigenvalue weighted by atomic mass is 16.2. The van der Waals surface area contributed by atoms with E-state index in [0.29, 0.717) is 30.9 Å². The van der Waals surface area contributed by atoms with Crippen LogP contribution in [-0.2, 0) is 11.3 Å². The highest BCUT2D eigenvalue weighted by Crippen LogP contribution is 2.36. The number of amides is 3. The van der Waals surface area contributed by atoms with Crippen molar-refractivity contribution in [1.29, 1.82) is 0 Å². The molecule has 7 heteroatoms. The molecule has 168 valence electrons. The van der Waals surface area contributed by atoms with E-state index < -0.39 is 0 Å². The molecule has 0 aliphatic carbocycles. The van der Waals surface area contributed by atoms with Crippen molar-refractivity contribution in [3.05, 3.63) is 82.8 Å². The Morgan fingerprint density at radius 2 is 1.58 bits per heavy atom. The number of nitrogens with one attached hydrogen (secondary N) is 2. The molecule has 2 aliphatic rings. The molecule has 0 unspecified atom stereocenters. The Morgan fingerprint density at radius 1 is 0.848 bits per heavy atom. The number of piperidine rings is 1. The second-order valence-electron chi connectivity index (χ2n) is 8.85. The summed E-state index contributed by atoms with van der Waals surface area (Å²) >= 11 is 0. The molecule has 2 aromatic carbocycles. The second-order valence-corrected chi connectivity index (χ2v) is 8.85. The van der Waals surface area contributed by atoms with Gasteiger partial charge in [0.1, 0.15) is 0 Å². The monoisotopic (exact) mass is 442 g/mol. The molecule has 1 fully saturated rings. The summed E-state index contributed by atoms with van der Waals surface area (Å²) in [7, 11) is 0. The van der Waals surface area contributed by atoms with Crippen LogP contribution in [0.1, 0.15) is 25.0 Å². The molecular formula is C26H26N4O3. The van der Waals surface area contributed by atoms with Gasteiger partial charge in [0.25, 0.3) is 5.56 Å². The minimum Gasteiger partial charge on any atom is -0.326 e. The number of fused-ring (bicyclic) bond motifs is 4. The van der Waals surface area contributed by atoms with Crippen LogP contribution in [0.5, 0.6) is 0 Å². The van der Waals surface area contributed by atoms with Crippen LogP contribution in [0.4, 0.5) is 16.2 Å². The molecule has 2 N–H and O–H groups in total. The van der Waals surface area contributed by atoms with E-state index in [1.807, 2.05) is 64.1 Å². The molecule has 5 rings (SSSR count). The fourth-order valence-corrected chi connectivity index (χ4v) is 4.99. The Hall–Kier alpha value is -3.87. The number of pyridine rings is 1. The van der Waals surface area contributed by atoms with Crippen molar-refractivity contribution in [2.75, 3.05) is 23.7 Å². The summed E-state index contributed by atoms with van der Waals surface area (Å²) < 4.78 is 1.89. The first kappa shape index (κ1) is 21.0. The van der Waals surface area contributed by atoms with E-state index >= 15 is 0 Å². The predicted octanol–water partition coefficient (Wildman–Crippen LogP) is 4.12. The fraction of sp³-hybridized carbons (Fsp3) is 0.269. The number of benzene rings is 2. The number of urea groups is 1. The summed E-state index contributed by atoms with van der Waals surface area (Å²) in [4.78, 5) is 39.3. The van der Waals surface area contributed by atoms with Gasteiger partial charge < -0.3 is 20.1 Å². The molecule has 0 radical (unpaired) electrons. The lowest BCUT2D eigenvalue weighted by molar-refractivity contribution is -0.114. The van der Waals surface area contributed by atoms with Crippen LogP contribution in [0.25, 0.3) is 11.1 Å². The Bertz CT molecular complexity index is 1250. The highest BCUT2D eigenvalue weighted by molar-refractivity contribution is 5.89. The van der Waals surface area contributed by atoms with Crippen molar-refractivity contribution in [3.63, 3.8) is 0 Å². The molecule has 2 atom stereocenters. The number of para-hydroxylation sites is 1. The number of anilines is 2. The van der Waals surface area contributed by atoms with Crippen molar-refractivity contribution in [2.45, 2.75) is 25.8 Å². The van der Waals surface area contributed by atoms with Gasteiger partial charge >= 0.3 is 6.03 Å². The van der Waals surface area contributed by atoms with E-state index in [4.69, 9.17) is 0 Å². The zero-order valence-electron chi connectivity index (χ0n) is 18.5. The molecule has 2 aliphatic heterocycles. The first-order chi connectivity index (χ1) is 16.0. The van der Waals surface area contributed by atoms with E-state index in [1.165, 1.54) is 6.92 Å². The van der Waals surface area contributed by atoms with Crippen molar-refractivity contribution >= 4 is 23.3 Å². The predicted molar refractivity (Wildman–Crippen MR) is 128 cm³/mol. The van der Waals surface area contributed by atoms with Gasteiger partial charge in [0.05, 0.1) is 0 Å². The number of rotatable bonds is 3. The summed E-state index contributed by atoms with van der Waals surface area (Å²) in [6.07, 6.45) is 0.985. The minimum absolute atomic E-state index is 0.00309. The summed E-state index contributed by atoms with van der Waals surface area (Å²) in [5.41, 5.74) is 3.94. The highest BCUT2D eigenvalue weighted by Gasteiger charge is 2.36. The number of likely N-dealkylation sites (tertiary alicyclic amines) is 1. The van der Waals surface area contributed by atoms with Crippen LogP contribution in [0.15, 0.2) is 71.5 Å². The van der Waals surface area contributed by atoms with Gasteiger partial charge in [-0.1, -0.05) is 30.3 Å². The van der Waals surface area contributed by atoms with Crippen molar-refractivity contribution in [1.82, 2.24) is 9.47 Å². The summed E-state index contributed by atoms with van der Waals surface area (Å²) in [6, 6.07) is 20.6. The van der Waals surface area contributed by atoms with Crippen LogP contribution in [0.2, 0.25) is 0 Å². The van der Waals surface area contributed by atoms with Crippen LogP contribution in [0.3, 0.4) is 0 Å². The number of hydrogen-bond donors (Lipinski definition) is 2. The van der Waals surface area contributed by atoms with Gasteiger partial charge in [-0.25, -0.2) is 4.79 Å². The number of hydrogen-bond acceptors (Lipinski definition) is 3. The van der Waals surface area contributed by atoms with E-state index in [2.05, 4.69) is 10.6 Å². The molecule has 1 aromatic heterocycles. The zero-order chi connectivity index (χ0) is 22.9. The van der Waals surface area contributed by atoms with E-state index in [1.54, 1.807) is 12.1 Å². The average molecular weight is 443 g/mol. The Balaban J connectivity index is 1.37. The first-order valence-corrected chi connectivity index (χ1v) is 11.2. The maximum absolute atomic E-state index is 13.4. The Kier molecular flexibility index (Phi) is 5.46. The molecule has 3 aromatic rings. The molecule has 1 saturated heterocycles. The summed E-state index contributed by atoms with van der Waals surface area (Å²) in [5, 5.41) is 5.72.